The van der Waals surface area contributed by atoms with E-state index in [0.29, 0.717) is 11.4 Å². The first kappa shape index (κ1) is 16.1. The van der Waals surface area contributed by atoms with Crippen LogP contribution in [0.4, 0.5) is 0 Å². The van der Waals surface area contributed by atoms with Crippen LogP contribution in [0.5, 0.6) is 0 Å². The zero-order valence-corrected chi connectivity index (χ0v) is 13.2. The highest BCUT2D eigenvalue weighted by Gasteiger charge is 2.33. The van der Waals surface area contributed by atoms with Gasteiger partial charge in [-0.25, -0.2) is 8.42 Å². The molecule has 19 heavy (non-hydrogen) atoms. The fourth-order valence-electron chi connectivity index (χ4n) is 1.82. The molecular weight excluding hydrogens is 260 g/mol. The average Bonchev–Trinajstić information content (AvgIpc) is 2.37. The Bertz CT molecular complexity index is 551. The largest absolute Gasteiger partial charge is 0.326 e. The number of hydrogen-bond donors (Lipinski definition) is 1. The highest BCUT2D eigenvalue weighted by molar-refractivity contribution is 7.89. The van der Waals surface area contributed by atoms with Crippen molar-refractivity contribution in [3.63, 3.8) is 0 Å². The summed E-state index contributed by atoms with van der Waals surface area (Å²) in [6, 6.07) is 5.25. The number of sulfonamides is 1. The van der Waals surface area contributed by atoms with E-state index in [0.717, 1.165) is 17.5 Å². The number of aryl methyl sites for hydroxylation is 1. The lowest BCUT2D eigenvalue weighted by molar-refractivity contribution is 0.257. The van der Waals surface area contributed by atoms with Crippen molar-refractivity contribution in [1.82, 2.24) is 4.31 Å². The van der Waals surface area contributed by atoms with E-state index in [1.54, 1.807) is 26.1 Å². The lowest BCUT2D eigenvalue weighted by Crippen LogP contribution is -2.44. The highest BCUT2D eigenvalue weighted by atomic mass is 32.2. The molecule has 0 unspecified atom stereocenters. The van der Waals surface area contributed by atoms with E-state index in [4.69, 9.17) is 5.73 Å². The van der Waals surface area contributed by atoms with Crippen LogP contribution >= 0.6 is 0 Å². The fraction of sp³-hybridized carbons (Fsp3) is 0.571. The van der Waals surface area contributed by atoms with Gasteiger partial charge in [0.2, 0.25) is 10.0 Å². The molecule has 0 aromatic heterocycles. The van der Waals surface area contributed by atoms with Crippen molar-refractivity contribution >= 4 is 10.0 Å². The third-order valence-electron chi connectivity index (χ3n) is 3.83. The molecule has 1 rings (SSSR count). The molecular formula is C14H24N2O2S. The summed E-state index contributed by atoms with van der Waals surface area (Å²) < 4.78 is 26.8. The van der Waals surface area contributed by atoms with Crippen LogP contribution in [-0.2, 0) is 16.6 Å². The molecule has 0 aliphatic carbocycles. The molecule has 0 radical (unpaired) electrons. The quantitative estimate of drug-likeness (QED) is 0.902. The van der Waals surface area contributed by atoms with Gasteiger partial charge >= 0.3 is 0 Å². The lowest BCUT2D eigenvalue weighted by atomic mass is 10.0. The Morgan fingerprint density at radius 2 is 1.89 bits per heavy atom. The first-order chi connectivity index (χ1) is 8.66. The molecule has 5 heteroatoms. The van der Waals surface area contributed by atoms with Crippen LogP contribution in [0.3, 0.4) is 0 Å². The number of nitrogens with zero attached hydrogens (tertiary/aromatic N) is 1. The molecule has 0 atom stereocenters. The van der Waals surface area contributed by atoms with Gasteiger partial charge < -0.3 is 5.73 Å². The normalized spacial score (nSPS) is 13.0. The van der Waals surface area contributed by atoms with Gasteiger partial charge in [0.05, 0.1) is 4.90 Å². The van der Waals surface area contributed by atoms with Crippen molar-refractivity contribution in [2.24, 2.45) is 5.73 Å². The van der Waals surface area contributed by atoms with Crippen molar-refractivity contribution < 1.29 is 8.42 Å². The second kappa shape index (κ2) is 5.61. The smallest absolute Gasteiger partial charge is 0.243 e. The second-order valence-corrected chi connectivity index (χ2v) is 7.38. The summed E-state index contributed by atoms with van der Waals surface area (Å²) in [7, 11) is -1.84. The minimum Gasteiger partial charge on any atom is -0.326 e. The molecule has 0 bridgehead atoms. The van der Waals surface area contributed by atoms with Crippen molar-refractivity contribution in [1.29, 1.82) is 0 Å². The van der Waals surface area contributed by atoms with Crippen molar-refractivity contribution in [3.8, 4) is 0 Å². The van der Waals surface area contributed by atoms with Crippen molar-refractivity contribution in [2.75, 3.05) is 7.05 Å². The van der Waals surface area contributed by atoms with E-state index in [1.165, 1.54) is 4.31 Å². The zero-order valence-electron chi connectivity index (χ0n) is 12.4. The van der Waals surface area contributed by atoms with E-state index in [1.807, 2.05) is 26.8 Å². The van der Waals surface area contributed by atoms with Gasteiger partial charge in [0.1, 0.15) is 0 Å². The number of hydrogen-bond acceptors (Lipinski definition) is 3. The van der Waals surface area contributed by atoms with E-state index >= 15 is 0 Å². The first-order valence-electron chi connectivity index (χ1n) is 6.45. The van der Waals surface area contributed by atoms with E-state index in [-0.39, 0.29) is 0 Å². The maximum absolute atomic E-state index is 12.7. The summed E-state index contributed by atoms with van der Waals surface area (Å²) in [5.41, 5.74) is 6.84. The van der Waals surface area contributed by atoms with E-state index in [2.05, 4.69) is 0 Å². The number of benzene rings is 1. The molecule has 0 fully saturated rings. The summed E-state index contributed by atoms with van der Waals surface area (Å²) >= 11 is 0. The van der Waals surface area contributed by atoms with Gasteiger partial charge in [-0.15, -0.1) is 0 Å². The standard InChI is InChI=1S/C14H24N2O2S/c1-6-14(3,4)16(5)19(17,18)13-8-7-12(10-15)9-11(13)2/h7-9H,6,10,15H2,1-5H3. The van der Waals surface area contributed by atoms with E-state index in [9.17, 15) is 8.42 Å². The predicted molar refractivity (Wildman–Crippen MR) is 78.4 cm³/mol. The van der Waals surface area contributed by atoms with Crippen molar-refractivity contribution in [3.05, 3.63) is 29.3 Å². The van der Waals surface area contributed by atoms with Crippen LogP contribution < -0.4 is 5.73 Å². The van der Waals surface area contributed by atoms with Gasteiger partial charge in [-0.1, -0.05) is 19.1 Å². The van der Waals surface area contributed by atoms with Crippen LogP contribution in [0.15, 0.2) is 23.1 Å². The average molecular weight is 284 g/mol. The second-order valence-electron chi connectivity index (χ2n) is 5.44. The summed E-state index contributed by atoms with van der Waals surface area (Å²) in [6.45, 7) is 8.05. The molecule has 0 spiro atoms. The molecule has 2 N–H and O–H groups in total. The van der Waals surface area contributed by atoms with Crippen LogP contribution in [-0.4, -0.2) is 25.3 Å². The Morgan fingerprint density at radius 1 is 1.32 bits per heavy atom. The fourth-order valence-corrected chi connectivity index (χ4v) is 3.60. The molecule has 1 aromatic carbocycles. The molecule has 0 amide bonds. The summed E-state index contributed by atoms with van der Waals surface area (Å²) in [4.78, 5) is 0.355. The summed E-state index contributed by atoms with van der Waals surface area (Å²) in [5.74, 6) is 0. The topological polar surface area (TPSA) is 63.4 Å². The van der Waals surface area contributed by atoms with Gasteiger partial charge in [-0.2, -0.15) is 4.31 Å². The number of rotatable bonds is 5. The summed E-state index contributed by atoms with van der Waals surface area (Å²) in [6.07, 6.45) is 0.753. The van der Waals surface area contributed by atoms with Crippen LogP contribution in [0.2, 0.25) is 0 Å². The molecule has 0 saturated heterocycles. The maximum atomic E-state index is 12.7. The molecule has 0 heterocycles. The lowest BCUT2D eigenvalue weighted by Gasteiger charge is -2.34. The minimum atomic E-state index is -3.47. The third-order valence-corrected chi connectivity index (χ3v) is 6.06. The van der Waals surface area contributed by atoms with Gasteiger partial charge in [0, 0.05) is 19.1 Å². The van der Waals surface area contributed by atoms with Gasteiger partial charge in [0.25, 0.3) is 0 Å². The van der Waals surface area contributed by atoms with Gasteiger partial charge in [-0.05, 0) is 44.4 Å². The van der Waals surface area contributed by atoms with Gasteiger partial charge in [0.15, 0.2) is 0 Å². The zero-order chi connectivity index (χ0) is 14.8. The van der Waals surface area contributed by atoms with E-state index < -0.39 is 15.6 Å². The molecule has 0 aliphatic rings. The third kappa shape index (κ3) is 3.16. The molecule has 4 nitrogen and oxygen atoms in total. The van der Waals surface area contributed by atoms with Crippen molar-refractivity contribution in [2.45, 2.75) is 51.1 Å². The van der Waals surface area contributed by atoms with Crippen LogP contribution in [0.1, 0.15) is 38.3 Å². The maximum Gasteiger partial charge on any atom is 0.243 e. The molecule has 0 aliphatic heterocycles. The minimum absolute atomic E-state index is 0.355. The monoisotopic (exact) mass is 284 g/mol. The Kier molecular flexibility index (Phi) is 4.76. The highest BCUT2D eigenvalue weighted by Crippen LogP contribution is 2.27. The van der Waals surface area contributed by atoms with Crippen LogP contribution in [0, 0.1) is 6.92 Å². The summed E-state index contributed by atoms with van der Waals surface area (Å²) in [5, 5.41) is 0. The molecule has 108 valence electrons. The predicted octanol–water partition coefficient (Wildman–Crippen LogP) is 2.26. The number of nitrogens with two attached hydrogens (primary N) is 1. The Morgan fingerprint density at radius 3 is 2.32 bits per heavy atom. The van der Waals surface area contributed by atoms with Gasteiger partial charge in [-0.3, -0.25) is 0 Å². The Balaban J connectivity index is 3.28. The molecule has 1 aromatic rings. The van der Waals surface area contributed by atoms with Crippen LogP contribution in [0.25, 0.3) is 0 Å². The first-order valence-corrected chi connectivity index (χ1v) is 7.89. The SMILES string of the molecule is CCC(C)(C)N(C)S(=O)(=O)c1ccc(CN)cc1C. The Hall–Kier alpha value is -0.910. The Labute approximate surface area is 116 Å². The molecule has 0 saturated carbocycles.